The van der Waals surface area contributed by atoms with Gasteiger partial charge in [0, 0.05) is 25.7 Å². The minimum Gasteiger partial charge on any atom is -0.368 e. The highest BCUT2D eigenvalue weighted by molar-refractivity contribution is 5.56. The lowest BCUT2D eigenvalue weighted by atomic mass is 10.0. The monoisotopic (exact) mass is 265 g/mol. The lowest BCUT2D eigenvalue weighted by molar-refractivity contribution is 0.360. The topological polar surface area (TPSA) is 18.5 Å². The van der Waals surface area contributed by atoms with Crippen LogP contribution in [0.5, 0.6) is 0 Å². The van der Waals surface area contributed by atoms with E-state index in [1.165, 1.54) is 0 Å². The van der Waals surface area contributed by atoms with Crippen LogP contribution < -0.4 is 10.2 Å². The maximum Gasteiger partial charge on any atom is 0.146 e. The zero-order chi connectivity index (χ0) is 13.8. The van der Waals surface area contributed by atoms with Crippen LogP contribution in [-0.4, -0.2) is 45.2 Å². The molecule has 1 fully saturated rings. The van der Waals surface area contributed by atoms with Crippen molar-refractivity contribution < 1.29 is 4.39 Å². The number of halogens is 1. The molecule has 4 heteroatoms. The average molecular weight is 265 g/mol. The Balaban J connectivity index is 2.31. The fourth-order valence-electron chi connectivity index (χ4n) is 2.64. The van der Waals surface area contributed by atoms with Crippen molar-refractivity contribution in [2.24, 2.45) is 0 Å². The summed E-state index contributed by atoms with van der Waals surface area (Å²) in [5, 5.41) is 3.21. The number of nitrogens with zero attached hydrogens (tertiary/aromatic N) is 2. The number of likely N-dealkylation sites (N-methyl/N-ethyl adjacent to an activating group) is 1. The third kappa shape index (κ3) is 3.25. The van der Waals surface area contributed by atoms with E-state index in [9.17, 15) is 4.39 Å². The van der Waals surface area contributed by atoms with Gasteiger partial charge in [-0.3, -0.25) is 0 Å². The van der Waals surface area contributed by atoms with Gasteiger partial charge in [-0.2, -0.15) is 0 Å². The summed E-state index contributed by atoms with van der Waals surface area (Å²) in [5.74, 6) is -0.107. The number of rotatable bonds is 3. The van der Waals surface area contributed by atoms with Gasteiger partial charge in [-0.05, 0) is 45.6 Å². The molecular formula is C15H24FN3. The average Bonchev–Trinajstić information content (AvgIpc) is 2.62. The van der Waals surface area contributed by atoms with E-state index in [1.54, 1.807) is 12.1 Å². The molecule has 0 amide bonds. The van der Waals surface area contributed by atoms with Crippen LogP contribution in [0.25, 0.3) is 0 Å². The molecule has 0 aromatic heterocycles. The Kier molecular flexibility index (Phi) is 4.77. The second kappa shape index (κ2) is 6.35. The molecule has 1 aromatic rings. The zero-order valence-electron chi connectivity index (χ0n) is 12.1. The Hall–Kier alpha value is -1.13. The zero-order valence-corrected chi connectivity index (χ0v) is 12.1. The second-order valence-electron chi connectivity index (χ2n) is 5.33. The highest BCUT2D eigenvalue weighted by Gasteiger charge is 2.20. The number of para-hydroxylation sites is 1. The summed E-state index contributed by atoms with van der Waals surface area (Å²) in [7, 11) is 4.04. The maximum atomic E-state index is 14.3. The minimum absolute atomic E-state index is 0.107. The fraction of sp³-hybridized carbons (Fsp3) is 0.600. The largest absolute Gasteiger partial charge is 0.368 e. The molecule has 19 heavy (non-hydrogen) atoms. The molecule has 0 spiro atoms. The summed E-state index contributed by atoms with van der Waals surface area (Å²) in [6.07, 6.45) is 1.08. The molecule has 0 bridgehead atoms. The number of anilines is 1. The van der Waals surface area contributed by atoms with Crippen LogP contribution in [0.3, 0.4) is 0 Å². The van der Waals surface area contributed by atoms with Crippen LogP contribution in [0.1, 0.15) is 24.9 Å². The van der Waals surface area contributed by atoms with E-state index in [0.29, 0.717) is 0 Å². The van der Waals surface area contributed by atoms with Crippen molar-refractivity contribution in [2.45, 2.75) is 19.4 Å². The molecule has 0 radical (unpaired) electrons. The van der Waals surface area contributed by atoms with Crippen LogP contribution in [0.15, 0.2) is 18.2 Å². The molecule has 106 valence electrons. The van der Waals surface area contributed by atoms with Gasteiger partial charge in [-0.25, -0.2) is 4.39 Å². The molecule has 1 unspecified atom stereocenters. The van der Waals surface area contributed by atoms with Crippen molar-refractivity contribution in [2.75, 3.05) is 45.2 Å². The maximum absolute atomic E-state index is 14.3. The van der Waals surface area contributed by atoms with E-state index >= 15 is 0 Å². The highest BCUT2D eigenvalue weighted by Crippen LogP contribution is 2.29. The summed E-state index contributed by atoms with van der Waals surface area (Å²) >= 11 is 0. The Labute approximate surface area is 115 Å². The van der Waals surface area contributed by atoms with E-state index < -0.39 is 0 Å². The third-order valence-corrected chi connectivity index (χ3v) is 3.95. The molecule has 3 nitrogen and oxygen atoms in total. The van der Waals surface area contributed by atoms with Gasteiger partial charge in [0.15, 0.2) is 0 Å². The molecule has 1 aromatic carbocycles. The normalized spacial score (nSPS) is 19.3. The van der Waals surface area contributed by atoms with Gasteiger partial charge >= 0.3 is 0 Å². The van der Waals surface area contributed by atoms with Crippen LogP contribution in [-0.2, 0) is 0 Å². The fourth-order valence-corrected chi connectivity index (χ4v) is 2.64. The van der Waals surface area contributed by atoms with Gasteiger partial charge in [0.1, 0.15) is 5.82 Å². The van der Waals surface area contributed by atoms with Crippen LogP contribution in [0, 0.1) is 5.82 Å². The summed E-state index contributed by atoms with van der Waals surface area (Å²) in [4.78, 5) is 4.50. The van der Waals surface area contributed by atoms with E-state index in [4.69, 9.17) is 0 Å². The van der Waals surface area contributed by atoms with Gasteiger partial charge < -0.3 is 15.1 Å². The first kappa shape index (κ1) is 14.3. The van der Waals surface area contributed by atoms with Crippen molar-refractivity contribution >= 4 is 5.69 Å². The summed E-state index contributed by atoms with van der Waals surface area (Å²) in [5.41, 5.74) is 1.83. The van der Waals surface area contributed by atoms with Gasteiger partial charge in [-0.15, -0.1) is 0 Å². The standard InChI is InChI=1S/C15H24FN3/c1-12(17-2)13-6-4-7-14(16)15(13)19-9-5-8-18(3)10-11-19/h4,6-7,12,17H,5,8-11H2,1-3H3. The summed E-state index contributed by atoms with van der Waals surface area (Å²) in [6, 6.07) is 5.54. The smallest absolute Gasteiger partial charge is 0.146 e. The first-order chi connectivity index (χ1) is 9.13. The van der Waals surface area contributed by atoms with Crippen LogP contribution in [0.2, 0.25) is 0 Å². The molecule has 2 rings (SSSR count). The van der Waals surface area contributed by atoms with E-state index in [0.717, 1.165) is 43.9 Å². The summed E-state index contributed by atoms with van der Waals surface area (Å²) in [6.45, 7) is 5.96. The van der Waals surface area contributed by atoms with Gasteiger partial charge in [0.2, 0.25) is 0 Å². The Morgan fingerprint density at radius 2 is 2.00 bits per heavy atom. The lowest BCUT2D eigenvalue weighted by Crippen LogP contribution is -2.31. The molecule has 0 saturated carbocycles. The molecule has 0 aliphatic carbocycles. The first-order valence-electron chi connectivity index (χ1n) is 7.02. The van der Waals surface area contributed by atoms with Crippen molar-refractivity contribution in [1.29, 1.82) is 0 Å². The predicted molar refractivity (Wildman–Crippen MR) is 78.2 cm³/mol. The Morgan fingerprint density at radius 1 is 1.21 bits per heavy atom. The minimum atomic E-state index is -0.107. The van der Waals surface area contributed by atoms with E-state index in [1.807, 2.05) is 13.1 Å². The Bertz CT molecular complexity index is 422. The van der Waals surface area contributed by atoms with Gasteiger partial charge in [0.05, 0.1) is 5.69 Å². The first-order valence-corrected chi connectivity index (χ1v) is 7.02. The van der Waals surface area contributed by atoms with Crippen molar-refractivity contribution in [3.05, 3.63) is 29.6 Å². The second-order valence-corrected chi connectivity index (χ2v) is 5.33. The Morgan fingerprint density at radius 3 is 2.74 bits per heavy atom. The molecule has 1 atom stereocenters. The molecular weight excluding hydrogens is 241 g/mol. The van der Waals surface area contributed by atoms with Crippen molar-refractivity contribution in [1.82, 2.24) is 10.2 Å². The molecule has 1 aliphatic rings. The van der Waals surface area contributed by atoms with Crippen molar-refractivity contribution in [3.63, 3.8) is 0 Å². The molecule has 1 N–H and O–H groups in total. The quantitative estimate of drug-likeness (QED) is 0.904. The number of hydrogen-bond acceptors (Lipinski definition) is 3. The number of benzene rings is 1. The summed E-state index contributed by atoms with van der Waals surface area (Å²) < 4.78 is 14.3. The van der Waals surface area contributed by atoms with E-state index in [2.05, 4.69) is 29.1 Å². The van der Waals surface area contributed by atoms with Gasteiger partial charge in [-0.1, -0.05) is 12.1 Å². The highest BCUT2D eigenvalue weighted by atomic mass is 19.1. The SMILES string of the molecule is CNC(C)c1cccc(F)c1N1CCCN(C)CC1. The third-order valence-electron chi connectivity index (χ3n) is 3.95. The molecule has 1 heterocycles. The predicted octanol–water partition coefficient (Wildman–Crippen LogP) is 2.25. The number of hydrogen-bond donors (Lipinski definition) is 1. The molecule has 1 saturated heterocycles. The van der Waals surface area contributed by atoms with Crippen LogP contribution in [0.4, 0.5) is 10.1 Å². The van der Waals surface area contributed by atoms with Gasteiger partial charge in [0.25, 0.3) is 0 Å². The van der Waals surface area contributed by atoms with E-state index in [-0.39, 0.29) is 11.9 Å². The number of nitrogens with one attached hydrogen (secondary N) is 1. The van der Waals surface area contributed by atoms with Crippen LogP contribution >= 0.6 is 0 Å². The van der Waals surface area contributed by atoms with Crippen molar-refractivity contribution in [3.8, 4) is 0 Å². The lowest BCUT2D eigenvalue weighted by Gasteiger charge is -2.28. The molecule has 1 aliphatic heterocycles.